The SMILES string of the molecule is C=C(CCCC)C(=O)OCCC. The van der Waals surface area contributed by atoms with Crippen LogP contribution in [0.3, 0.4) is 0 Å². The van der Waals surface area contributed by atoms with Gasteiger partial charge >= 0.3 is 5.97 Å². The highest BCUT2D eigenvalue weighted by atomic mass is 16.5. The van der Waals surface area contributed by atoms with Gasteiger partial charge in [-0.3, -0.25) is 0 Å². The van der Waals surface area contributed by atoms with Crippen molar-refractivity contribution < 1.29 is 9.53 Å². The van der Waals surface area contributed by atoms with E-state index in [1.165, 1.54) is 0 Å². The van der Waals surface area contributed by atoms with Crippen LogP contribution >= 0.6 is 0 Å². The highest BCUT2D eigenvalue weighted by molar-refractivity contribution is 5.87. The van der Waals surface area contributed by atoms with Gasteiger partial charge in [0.15, 0.2) is 0 Å². The summed E-state index contributed by atoms with van der Waals surface area (Å²) < 4.78 is 4.91. The van der Waals surface area contributed by atoms with E-state index in [0.29, 0.717) is 12.2 Å². The molecule has 70 valence electrons. The van der Waals surface area contributed by atoms with Gasteiger partial charge < -0.3 is 4.74 Å². The molecule has 0 N–H and O–H groups in total. The van der Waals surface area contributed by atoms with Gasteiger partial charge in [0.1, 0.15) is 0 Å². The minimum Gasteiger partial charge on any atom is -0.462 e. The summed E-state index contributed by atoms with van der Waals surface area (Å²) in [5.74, 6) is -0.231. The minimum absolute atomic E-state index is 0.231. The molecule has 0 amide bonds. The smallest absolute Gasteiger partial charge is 0.333 e. The summed E-state index contributed by atoms with van der Waals surface area (Å²) in [4.78, 5) is 11.1. The van der Waals surface area contributed by atoms with Gasteiger partial charge in [0.25, 0.3) is 0 Å². The molecule has 0 radical (unpaired) electrons. The molecule has 0 rings (SSSR count). The molecule has 0 aliphatic rings. The fourth-order valence-electron chi connectivity index (χ4n) is 0.789. The van der Waals surface area contributed by atoms with Crippen molar-refractivity contribution in [1.82, 2.24) is 0 Å². The molecule has 12 heavy (non-hydrogen) atoms. The minimum atomic E-state index is -0.231. The third-order valence-corrected chi connectivity index (χ3v) is 1.56. The van der Waals surface area contributed by atoms with Crippen molar-refractivity contribution in [3.63, 3.8) is 0 Å². The summed E-state index contributed by atoms with van der Waals surface area (Å²) >= 11 is 0. The Kier molecular flexibility index (Phi) is 6.44. The van der Waals surface area contributed by atoms with E-state index in [4.69, 9.17) is 4.74 Å². The fourth-order valence-corrected chi connectivity index (χ4v) is 0.789. The van der Waals surface area contributed by atoms with E-state index in [-0.39, 0.29) is 5.97 Å². The third-order valence-electron chi connectivity index (χ3n) is 1.56. The molecule has 0 heterocycles. The van der Waals surface area contributed by atoms with Gasteiger partial charge in [-0.15, -0.1) is 0 Å². The Morgan fingerprint density at radius 2 is 2.00 bits per heavy atom. The number of hydrogen-bond donors (Lipinski definition) is 0. The van der Waals surface area contributed by atoms with E-state index in [1.807, 2.05) is 6.92 Å². The Morgan fingerprint density at radius 3 is 2.50 bits per heavy atom. The molecule has 0 saturated carbocycles. The molecule has 2 heteroatoms. The topological polar surface area (TPSA) is 26.3 Å². The van der Waals surface area contributed by atoms with Crippen LogP contribution in [0.15, 0.2) is 12.2 Å². The first kappa shape index (κ1) is 11.2. The van der Waals surface area contributed by atoms with Gasteiger partial charge in [-0.25, -0.2) is 4.79 Å². The maximum atomic E-state index is 11.1. The summed E-state index contributed by atoms with van der Waals surface area (Å²) in [6, 6.07) is 0. The first-order chi connectivity index (χ1) is 5.72. The van der Waals surface area contributed by atoms with Gasteiger partial charge in [0.05, 0.1) is 6.61 Å². The first-order valence-electron chi connectivity index (χ1n) is 4.57. The summed E-state index contributed by atoms with van der Waals surface area (Å²) in [5.41, 5.74) is 0.602. The third kappa shape index (κ3) is 4.94. The van der Waals surface area contributed by atoms with Crippen molar-refractivity contribution in [3.05, 3.63) is 12.2 Å². The predicted molar refractivity (Wildman–Crippen MR) is 49.9 cm³/mol. The van der Waals surface area contributed by atoms with E-state index in [9.17, 15) is 4.79 Å². The number of rotatable bonds is 6. The quantitative estimate of drug-likeness (QED) is 0.452. The molecule has 2 nitrogen and oxygen atoms in total. The molecule has 0 aromatic rings. The zero-order chi connectivity index (χ0) is 9.40. The van der Waals surface area contributed by atoms with Crippen molar-refractivity contribution >= 4 is 5.97 Å². The Labute approximate surface area is 74.6 Å². The van der Waals surface area contributed by atoms with Crippen molar-refractivity contribution in [2.24, 2.45) is 0 Å². The van der Waals surface area contributed by atoms with Crippen LogP contribution in [0.4, 0.5) is 0 Å². The van der Waals surface area contributed by atoms with Crippen molar-refractivity contribution in [1.29, 1.82) is 0 Å². The molecule has 0 fully saturated rings. The lowest BCUT2D eigenvalue weighted by Gasteiger charge is -2.04. The summed E-state index contributed by atoms with van der Waals surface area (Å²) in [6.07, 6.45) is 3.73. The highest BCUT2D eigenvalue weighted by Crippen LogP contribution is 2.06. The van der Waals surface area contributed by atoms with E-state index >= 15 is 0 Å². The number of esters is 1. The number of carbonyl (C=O) groups is 1. The van der Waals surface area contributed by atoms with Gasteiger partial charge in [0, 0.05) is 5.57 Å². The van der Waals surface area contributed by atoms with Crippen LogP contribution in [0, 0.1) is 0 Å². The molecule has 0 bridgehead atoms. The second-order valence-electron chi connectivity index (χ2n) is 2.84. The lowest BCUT2D eigenvalue weighted by molar-refractivity contribution is -0.139. The van der Waals surface area contributed by atoms with Crippen molar-refractivity contribution in [2.75, 3.05) is 6.61 Å². The van der Waals surface area contributed by atoms with Crippen molar-refractivity contribution in [3.8, 4) is 0 Å². The second-order valence-corrected chi connectivity index (χ2v) is 2.84. The predicted octanol–water partition coefficient (Wildman–Crippen LogP) is 2.69. The van der Waals surface area contributed by atoms with Crippen LogP contribution < -0.4 is 0 Å². The number of ether oxygens (including phenoxy) is 1. The van der Waals surface area contributed by atoms with E-state index in [0.717, 1.165) is 25.7 Å². The number of unbranched alkanes of at least 4 members (excludes halogenated alkanes) is 1. The Hall–Kier alpha value is -0.790. The first-order valence-corrected chi connectivity index (χ1v) is 4.57. The molecular weight excluding hydrogens is 152 g/mol. The summed E-state index contributed by atoms with van der Waals surface area (Å²) in [7, 11) is 0. The number of carbonyl (C=O) groups excluding carboxylic acids is 1. The van der Waals surface area contributed by atoms with Crippen LogP contribution in [0.25, 0.3) is 0 Å². The van der Waals surface area contributed by atoms with Crippen LogP contribution in [0.2, 0.25) is 0 Å². The van der Waals surface area contributed by atoms with Gasteiger partial charge in [0.2, 0.25) is 0 Å². The summed E-state index contributed by atoms with van der Waals surface area (Å²) in [6.45, 7) is 8.24. The molecular formula is C10H18O2. The molecule has 0 aliphatic carbocycles. The average Bonchev–Trinajstić information content (AvgIpc) is 2.10. The van der Waals surface area contributed by atoms with E-state index in [2.05, 4.69) is 13.5 Å². The van der Waals surface area contributed by atoms with Crippen LogP contribution in [0.1, 0.15) is 39.5 Å². The number of hydrogen-bond acceptors (Lipinski definition) is 2. The zero-order valence-corrected chi connectivity index (χ0v) is 8.06. The maximum absolute atomic E-state index is 11.1. The second kappa shape index (κ2) is 6.89. The van der Waals surface area contributed by atoms with Gasteiger partial charge in [-0.1, -0.05) is 26.8 Å². The monoisotopic (exact) mass is 170 g/mol. The summed E-state index contributed by atoms with van der Waals surface area (Å²) in [5, 5.41) is 0. The molecule has 0 aliphatic heterocycles. The lowest BCUT2D eigenvalue weighted by Crippen LogP contribution is -2.07. The Bertz CT molecular complexity index is 132. The largest absolute Gasteiger partial charge is 0.462 e. The zero-order valence-electron chi connectivity index (χ0n) is 8.06. The average molecular weight is 170 g/mol. The highest BCUT2D eigenvalue weighted by Gasteiger charge is 2.06. The maximum Gasteiger partial charge on any atom is 0.333 e. The fraction of sp³-hybridized carbons (Fsp3) is 0.700. The lowest BCUT2D eigenvalue weighted by atomic mass is 10.1. The van der Waals surface area contributed by atoms with E-state index in [1.54, 1.807) is 0 Å². The molecule has 0 aromatic heterocycles. The van der Waals surface area contributed by atoms with Crippen molar-refractivity contribution in [2.45, 2.75) is 39.5 Å². The molecule has 0 saturated heterocycles. The van der Waals surface area contributed by atoms with Crippen LogP contribution in [-0.4, -0.2) is 12.6 Å². The molecule has 0 aromatic carbocycles. The Balaban J connectivity index is 3.55. The van der Waals surface area contributed by atoms with Gasteiger partial charge in [-0.2, -0.15) is 0 Å². The van der Waals surface area contributed by atoms with E-state index < -0.39 is 0 Å². The van der Waals surface area contributed by atoms with Crippen LogP contribution in [-0.2, 0) is 9.53 Å². The molecule has 0 spiro atoms. The standard InChI is InChI=1S/C10H18O2/c1-4-6-7-9(3)10(11)12-8-5-2/h3-8H2,1-2H3. The normalized spacial score (nSPS) is 9.50. The molecule has 0 unspecified atom stereocenters. The van der Waals surface area contributed by atoms with Crippen LogP contribution in [0.5, 0.6) is 0 Å². The van der Waals surface area contributed by atoms with Gasteiger partial charge in [-0.05, 0) is 19.3 Å². The Morgan fingerprint density at radius 1 is 1.33 bits per heavy atom. The molecule has 0 atom stereocenters.